The molecule has 0 fully saturated rings. The Kier molecular flexibility index (Phi) is 7.30. The van der Waals surface area contributed by atoms with Crippen LogP contribution in [0.5, 0.6) is 0 Å². The Bertz CT molecular complexity index is 331. The van der Waals surface area contributed by atoms with Gasteiger partial charge >= 0.3 is 5.97 Å². The molecular weight excluding hydrogens is 260 g/mol. The molecule has 0 bridgehead atoms. The minimum absolute atomic E-state index is 0.0571. The SMILES string of the molecule is Nc1ccc(Cl)c(Cl)c1.O=C(O)CCCl. The normalized spacial score (nSPS) is 9.00. The van der Waals surface area contributed by atoms with Gasteiger partial charge in [0.15, 0.2) is 0 Å². The first kappa shape index (κ1) is 14.4. The van der Waals surface area contributed by atoms with E-state index in [1.165, 1.54) is 0 Å². The molecule has 0 aromatic heterocycles. The number of carboxylic acid groups (broad SMARTS) is 1. The van der Waals surface area contributed by atoms with E-state index in [4.69, 9.17) is 45.6 Å². The van der Waals surface area contributed by atoms with E-state index in [9.17, 15) is 4.79 Å². The summed E-state index contributed by atoms with van der Waals surface area (Å²) in [6, 6.07) is 4.98. The zero-order chi connectivity index (χ0) is 11.8. The van der Waals surface area contributed by atoms with Crippen molar-refractivity contribution in [3.8, 4) is 0 Å². The van der Waals surface area contributed by atoms with Gasteiger partial charge in [-0.25, -0.2) is 0 Å². The van der Waals surface area contributed by atoms with Crippen LogP contribution in [0.25, 0.3) is 0 Å². The third-order valence-electron chi connectivity index (χ3n) is 1.25. The second-order valence-corrected chi connectivity index (χ2v) is 3.70. The zero-order valence-electron chi connectivity index (χ0n) is 7.71. The van der Waals surface area contributed by atoms with E-state index in [-0.39, 0.29) is 12.3 Å². The van der Waals surface area contributed by atoms with Crippen molar-refractivity contribution in [2.75, 3.05) is 11.6 Å². The van der Waals surface area contributed by atoms with Crippen molar-refractivity contribution < 1.29 is 9.90 Å². The molecule has 0 aliphatic rings. The van der Waals surface area contributed by atoms with E-state index in [2.05, 4.69) is 0 Å². The van der Waals surface area contributed by atoms with Crippen molar-refractivity contribution in [3.05, 3.63) is 28.2 Å². The average molecular weight is 271 g/mol. The highest BCUT2D eigenvalue weighted by Gasteiger charge is 1.94. The zero-order valence-corrected chi connectivity index (χ0v) is 9.98. The molecule has 0 heterocycles. The first-order valence-electron chi connectivity index (χ1n) is 3.95. The molecule has 0 aliphatic carbocycles. The molecule has 3 nitrogen and oxygen atoms in total. The molecule has 1 aromatic rings. The Morgan fingerprint density at radius 3 is 2.20 bits per heavy atom. The summed E-state index contributed by atoms with van der Waals surface area (Å²) >= 11 is 16.2. The number of rotatable bonds is 2. The van der Waals surface area contributed by atoms with Crippen molar-refractivity contribution >= 4 is 46.5 Å². The molecule has 1 aromatic carbocycles. The van der Waals surface area contributed by atoms with Crippen molar-refractivity contribution in [2.45, 2.75) is 6.42 Å². The molecular formula is C9H10Cl3NO2. The number of carboxylic acids is 1. The molecule has 15 heavy (non-hydrogen) atoms. The van der Waals surface area contributed by atoms with E-state index in [0.717, 1.165) is 0 Å². The topological polar surface area (TPSA) is 63.3 Å². The van der Waals surface area contributed by atoms with Gasteiger partial charge in [-0.05, 0) is 18.2 Å². The molecule has 0 radical (unpaired) electrons. The van der Waals surface area contributed by atoms with Crippen LogP contribution in [0.2, 0.25) is 10.0 Å². The van der Waals surface area contributed by atoms with Crippen molar-refractivity contribution in [1.29, 1.82) is 0 Å². The van der Waals surface area contributed by atoms with Gasteiger partial charge in [0.2, 0.25) is 0 Å². The molecule has 84 valence electrons. The van der Waals surface area contributed by atoms with Crippen LogP contribution in [-0.2, 0) is 4.79 Å². The number of aliphatic carboxylic acids is 1. The van der Waals surface area contributed by atoms with Gasteiger partial charge in [-0.2, -0.15) is 0 Å². The Hall–Kier alpha value is -0.640. The van der Waals surface area contributed by atoms with Crippen molar-refractivity contribution in [2.24, 2.45) is 0 Å². The Morgan fingerprint density at radius 1 is 1.33 bits per heavy atom. The van der Waals surface area contributed by atoms with Gasteiger partial charge in [0, 0.05) is 11.6 Å². The first-order valence-corrected chi connectivity index (χ1v) is 5.24. The molecule has 0 unspecified atom stereocenters. The van der Waals surface area contributed by atoms with E-state index in [1.807, 2.05) is 0 Å². The van der Waals surface area contributed by atoms with E-state index in [1.54, 1.807) is 18.2 Å². The summed E-state index contributed by atoms with van der Waals surface area (Å²) in [5, 5.41) is 8.86. The number of carbonyl (C=O) groups is 1. The summed E-state index contributed by atoms with van der Waals surface area (Å²) in [5.74, 6) is -0.639. The second-order valence-electron chi connectivity index (χ2n) is 2.51. The Balaban J connectivity index is 0.000000288. The lowest BCUT2D eigenvalue weighted by Gasteiger charge is -1.94. The highest BCUT2D eigenvalue weighted by molar-refractivity contribution is 6.42. The standard InChI is InChI=1S/C6H5Cl2N.C3H5ClO2/c7-5-2-1-4(9)3-6(5)8;4-2-1-3(5)6/h1-3H,9H2;1-2H2,(H,5,6). The summed E-state index contributed by atoms with van der Waals surface area (Å²) in [6.45, 7) is 0. The predicted octanol–water partition coefficient (Wildman–Crippen LogP) is 3.28. The summed E-state index contributed by atoms with van der Waals surface area (Å²) in [7, 11) is 0. The number of anilines is 1. The second kappa shape index (κ2) is 7.63. The number of hydrogen-bond acceptors (Lipinski definition) is 2. The summed E-state index contributed by atoms with van der Waals surface area (Å²) in [5.41, 5.74) is 6.01. The highest BCUT2D eigenvalue weighted by Crippen LogP contribution is 2.23. The van der Waals surface area contributed by atoms with Crippen LogP contribution in [0.3, 0.4) is 0 Å². The largest absolute Gasteiger partial charge is 0.481 e. The van der Waals surface area contributed by atoms with Crippen LogP contribution < -0.4 is 5.73 Å². The monoisotopic (exact) mass is 269 g/mol. The minimum atomic E-state index is -0.843. The number of halogens is 3. The molecule has 0 atom stereocenters. The third kappa shape index (κ3) is 7.31. The minimum Gasteiger partial charge on any atom is -0.481 e. The molecule has 0 aliphatic heterocycles. The smallest absolute Gasteiger partial charge is 0.304 e. The molecule has 0 saturated carbocycles. The molecule has 0 saturated heterocycles. The van der Waals surface area contributed by atoms with Crippen LogP contribution in [0.15, 0.2) is 18.2 Å². The van der Waals surface area contributed by atoms with Crippen molar-refractivity contribution in [3.63, 3.8) is 0 Å². The number of hydrogen-bond donors (Lipinski definition) is 2. The lowest BCUT2D eigenvalue weighted by atomic mass is 10.3. The fourth-order valence-electron chi connectivity index (χ4n) is 0.593. The summed E-state index contributed by atoms with van der Waals surface area (Å²) in [6.07, 6.45) is 0.0571. The van der Waals surface area contributed by atoms with Gasteiger partial charge in [-0.1, -0.05) is 23.2 Å². The van der Waals surface area contributed by atoms with E-state index < -0.39 is 5.97 Å². The number of benzene rings is 1. The third-order valence-corrected chi connectivity index (χ3v) is 2.18. The maximum Gasteiger partial charge on any atom is 0.304 e. The maximum absolute atomic E-state index is 9.51. The Morgan fingerprint density at radius 2 is 1.93 bits per heavy atom. The first-order chi connectivity index (χ1) is 6.97. The lowest BCUT2D eigenvalue weighted by molar-refractivity contribution is -0.136. The van der Waals surface area contributed by atoms with Crippen LogP contribution >= 0.6 is 34.8 Å². The van der Waals surface area contributed by atoms with Crippen LogP contribution in [0.4, 0.5) is 5.69 Å². The summed E-state index contributed by atoms with van der Waals surface area (Å²) < 4.78 is 0. The van der Waals surface area contributed by atoms with Crippen LogP contribution in [-0.4, -0.2) is 17.0 Å². The molecule has 3 N–H and O–H groups in total. The van der Waals surface area contributed by atoms with Crippen LogP contribution in [0.1, 0.15) is 6.42 Å². The van der Waals surface area contributed by atoms with Crippen molar-refractivity contribution in [1.82, 2.24) is 0 Å². The van der Waals surface area contributed by atoms with Gasteiger partial charge in [0.05, 0.1) is 16.5 Å². The van der Waals surface area contributed by atoms with E-state index in [0.29, 0.717) is 15.7 Å². The molecule has 1 rings (SSSR count). The fourth-order valence-corrected chi connectivity index (χ4v) is 1.06. The molecule has 0 amide bonds. The maximum atomic E-state index is 9.51. The quantitative estimate of drug-likeness (QED) is 0.640. The number of nitrogen functional groups attached to an aromatic ring is 1. The summed E-state index contributed by atoms with van der Waals surface area (Å²) in [4.78, 5) is 9.51. The molecule has 6 heteroatoms. The van der Waals surface area contributed by atoms with Crippen LogP contribution in [0, 0.1) is 0 Å². The average Bonchev–Trinajstić information content (AvgIpc) is 2.13. The van der Waals surface area contributed by atoms with Gasteiger partial charge in [-0.15, -0.1) is 11.6 Å². The van der Waals surface area contributed by atoms with Gasteiger partial charge in [-0.3, -0.25) is 4.79 Å². The van der Waals surface area contributed by atoms with Gasteiger partial charge in [0.1, 0.15) is 0 Å². The molecule has 0 spiro atoms. The van der Waals surface area contributed by atoms with Gasteiger partial charge in [0.25, 0.3) is 0 Å². The number of nitrogens with two attached hydrogens (primary N) is 1. The lowest BCUT2D eigenvalue weighted by Crippen LogP contribution is -1.93. The van der Waals surface area contributed by atoms with Gasteiger partial charge < -0.3 is 10.8 Å². The fraction of sp³-hybridized carbons (Fsp3) is 0.222. The predicted molar refractivity (Wildman–Crippen MR) is 63.8 cm³/mol. The van der Waals surface area contributed by atoms with E-state index >= 15 is 0 Å². The number of alkyl halides is 1. The highest BCUT2D eigenvalue weighted by atomic mass is 35.5. The Labute approximate surface area is 103 Å².